The van der Waals surface area contributed by atoms with Crippen LogP contribution in [0.3, 0.4) is 0 Å². The Bertz CT molecular complexity index is 880. The molecule has 0 bridgehead atoms. The molecule has 2 heterocycles. The molecule has 0 fully saturated rings. The van der Waals surface area contributed by atoms with E-state index in [4.69, 9.17) is 0 Å². The lowest BCUT2D eigenvalue weighted by atomic mass is 10.1. The van der Waals surface area contributed by atoms with Gasteiger partial charge < -0.3 is 5.11 Å². The smallest absolute Gasteiger partial charge is 0.354 e. The van der Waals surface area contributed by atoms with Gasteiger partial charge in [-0.25, -0.2) is 9.78 Å². The Hall–Kier alpha value is -2.74. The second-order valence-electron chi connectivity index (χ2n) is 4.61. The van der Waals surface area contributed by atoms with Crippen molar-refractivity contribution in [3.8, 4) is 11.3 Å². The minimum atomic E-state index is -1.04. The van der Waals surface area contributed by atoms with Gasteiger partial charge in [-0.3, -0.25) is 14.5 Å². The molecule has 0 saturated heterocycles. The van der Waals surface area contributed by atoms with Gasteiger partial charge in [0.05, 0.1) is 16.3 Å². The number of nitro benzene ring substituents is 1. The number of fused-ring (bicyclic) bond motifs is 1. The summed E-state index contributed by atoms with van der Waals surface area (Å²) in [6.45, 7) is 1.85. The Labute approximate surface area is 128 Å². The molecule has 0 aliphatic heterocycles. The number of carbonyl (C=O) groups is 1. The van der Waals surface area contributed by atoms with Gasteiger partial charge >= 0.3 is 5.97 Å². The monoisotopic (exact) mass is 317 g/mol. The van der Waals surface area contributed by atoms with Crippen LogP contribution >= 0.6 is 11.3 Å². The number of aryl methyl sites for hydroxylation is 1. The molecule has 1 aromatic carbocycles. The van der Waals surface area contributed by atoms with Crippen molar-refractivity contribution in [3.05, 3.63) is 51.1 Å². The van der Waals surface area contributed by atoms with Crippen LogP contribution in [-0.4, -0.2) is 25.4 Å². The average molecular weight is 317 g/mol. The molecule has 22 heavy (non-hydrogen) atoms. The summed E-state index contributed by atoms with van der Waals surface area (Å²) in [6, 6.07) is 6.02. The molecule has 0 spiro atoms. The third-order valence-corrected chi connectivity index (χ3v) is 4.17. The van der Waals surface area contributed by atoms with Gasteiger partial charge in [0, 0.05) is 17.5 Å². The molecule has 0 unspecified atom stereocenters. The van der Waals surface area contributed by atoms with E-state index in [1.807, 2.05) is 6.92 Å². The fraction of sp³-hybridized carbons (Fsp3) is 0.143. The predicted molar refractivity (Wildman–Crippen MR) is 81.5 cm³/mol. The fourth-order valence-corrected chi connectivity index (χ4v) is 3.24. The Kier molecular flexibility index (Phi) is 3.38. The quantitative estimate of drug-likeness (QED) is 0.588. The number of aromatic nitrogens is 2. The van der Waals surface area contributed by atoms with Crippen molar-refractivity contribution in [1.82, 2.24) is 9.38 Å². The molecule has 3 aromatic rings. The number of nitrogens with zero attached hydrogens (tertiary/aromatic N) is 3. The minimum Gasteiger partial charge on any atom is -0.477 e. The highest BCUT2D eigenvalue weighted by atomic mass is 32.1. The lowest BCUT2D eigenvalue weighted by Crippen LogP contribution is -2.05. The van der Waals surface area contributed by atoms with Gasteiger partial charge in [-0.1, -0.05) is 6.92 Å². The van der Waals surface area contributed by atoms with Crippen molar-refractivity contribution in [2.75, 3.05) is 0 Å². The fourth-order valence-electron chi connectivity index (χ4n) is 2.32. The predicted octanol–water partition coefficient (Wildman–Crippen LogP) is 3.23. The van der Waals surface area contributed by atoms with Gasteiger partial charge in [0.1, 0.15) is 0 Å². The Balaban J connectivity index is 2.20. The number of carboxylic acid groups (broad SMARTS) is 1. The normalized spacial score (nSPS) is 11.0. The molecule has 0 amide bonds. The van der Waals surface area contributed by atoms with Gasteiger partial charge in [-0.2, -0.15) is 0 Å². The maximum absolute atomic E-state index is 11.5. The van der Waals surface area contributed by atoms with Crippen LogP contribution < -0.4 is 0 Å². The molecule has 0 saturated carbocycles. The largest absolute Gasteiger partial charge is 0.477 e. The van der Waals surface area contributed by atoms with E-state index < -0.39 is 10.9 Å². The first-order valence-electron chi connectivity index (χ1n) is 6.50. The van der Waals surface area contributed by atoms with Crippen LogP contribution in [0.4, 0.5) is 5.69 Å². The standard InChI is InChI=1S/C14H11N3O4S/c1-2-10-12(13(18)19)16-11(7-22-14(16)15-10)8-3-5-9(6-4-8)17(20)21/h3-7H,2H2,1H3,(H,18,19). The van der Waals surface area contributed by atoms with Crippen LogP contribution in [-0.2, 0) is 6.42 Å². The average Bonchev–Trinajstić information content (AvgIpc) is 3.05. The zero-order valence-electron chi connectivity index (χ0n) is 11.5. The van der Waals surface area contributed by atoms with Gasteiger partial charge in [0.2, 0.25) is 0 Å². The second kappa shape index (κ2) is 5.23. The number of benzene rings is 1. The number of imidazole rings is 1. The van der Waals surface area contributed by atoms with E-state index in [9.17, 15) is 20.0 Å². The summed E-state index contributed by atoms with van der Waals surface area (Å²) in [4.78, 5) is 26.7. The summed E-state index contributed by atoms with van der Waals surface area (Å²) >= 11 is 1.34. The third kappa shape index (κ3) is 2.13. The van der Waals surface area contributed by atoms with Crippen molar-refractivity contribution in [1.29, 1.82) is 0 Å². The number of hydrogen-bond acceptors (Lipinski definition) is 5. The van der Waals surface area contributed by atoms with E-state index >= 15 is 0 Å². The molecule has 0 aliphatic rings. The lowest BCUT2D eigenvalue weighted by Gasteiger charge is -2.03. The maximum Gasteiger partial charge on any atom is 0.354 e. The Morgan fingerprint density at radius 2 is 2.09 bits per heavy atom. The third-order valence-electron chi connectivity index (χ3n) is 3.35. The van der Waals surface area contributed by atoms with Crippen LogP contribution in [0.25, 0.3) is 16.2 Å². The molecule has 0 aliphatic carbocycles. The van der Waals surface area contributed by atoms with Crippen molar-refractivity contribution in [2.45, 2.75) is 13.3 Å². The molecule has 7 nitrogen and oxygen atoms in total. The summed E-state index contributed by atoms with van der Waals surface area (Å²) in [7, 11) is 0. The molecular weight excluding hydrogens is 306 g/mol. The lowest BCUT2D eigenvalue weighted by molar-refractivity contribution is -0.384. The van der Waals surface area contributed by atoms with E-state index in [0.717, 1.165) is 0 Å². The van der Waals surface area contributed by atoms with Crippen LogP contribution in [0.2, 0.25) is 0 Å². The molecule has 0 radical (unpaired) electrons. The van der Waals surface area contributed by atoms with E-state index in [1.165, 1.54) is 23.5 Å². The molecule has 2 aromatic heterocycles. The molecule has 0 atom stereocenters. The maximum atomic E-state index is 11.5. The van der Waals surface area contributed by atoms with E-state index in [0.29, 0.717) is 28.3 Å². The summed E-state index contributed by atoms with van der Waals surface area (Å²) in [5.41, 5.74) is 2.04. The van der Waals surface area contributed by atoms with Gasteiger partial charge in [0.25, 0.3) is 5.69 Å². The minimum absolute atomic E-state index is 0.00596. The highest BCUT2D eigenvalue weighted by Crippen LogP contribution is 2.30. The first-order valence-corrected chi connectivity index (χ1v) is 7.37. The topological polar surface area (TPSA) is 97.7 Å². The van der Waals surface area contributed by atoms with E-state index in [2.05, 4.69) is 4.98 Å². The zero-order valence-corrected chi connectivity index (χ0v) is 12.3. The number of thiazole rings is 1. The van der Waals surface area contributed by atoms with E-state index in [1.54, 1.807) is 21.9 Å². The number of rotatable bonds is 4. The molecule has 8 heteroatoms. The first kappa shape index (κ1) is 14.2. The molecule has 112 valence electrons. The van der Waals surface area contributed by atoms with Gasteiger partial charge in [-0.05, 0) is 24.1 Å². The van der Waals surface area contributed by atoms with Crippen molar-refractivity contribution < 1.29 is 14.8 Å². The van der Waals surface area contributed by atoms with Crippen LogP contribution in [0.5, 0.6) is 0 Å². The molecule has 1 N–H and O–H groups in total. The molecule has 3 rings (SSSR count). The second-order valence-corrected chi connectivity index (χ2v) is 5.45. The van der Waals surface area contributed by atoms with Crippen molar-refractivity contribution in [2.24, 2.45) is 0 Å². The highest BCUT2D eigenvalue weighted by Gasteiger charge is 2.21. The van der Waals surface area contributed by atoms with E-state index in [-0.39, 0.29) is 11.4 Å². The summed E-state index contributed by atoms with van der Waals surface area (Å²) in [6.07, 6.45) is 0.524. The Morgan fingerprint density at radius 3 is 2.64 bits per heavy atom. The molecular formula is C14H11N3O4S. The number of nitro groups is 1. The summed E-state index contributed by atoms with van der Waals surface area (Å²) in [5, 5.41) is 22.0. The van der Waals surface area contributed by atoms with Crippen molar-refractivity contribution >= 4 is 28.0 Å². The SMILES string of the molecule is CCc1nc2scc(-c3ccc([N+](=O)[O-])cc3)n2c1C(=O)O. The van der Waals surface area contributed by atoms with Gasteiger partial charge in [-0.15, -0.1) is 11.3 Å². The zero-order chi connectivity index (χ0) is 15.9. The number of carboxylic acids is 1. The van der Waals surface area contributed by atoms with Crippen molar-refractivity contribution in [3.63, 3.8) is 0 Å². The number of aromatic carboxylic acids is 1. The Morgan fingerprint density at radius 1 is 1.41 bits per heavy atom. The van der Waals surface area contributed by atoms with Crippen LogP contribution in [0, 0.1) is 10.1 Å². The van der Waals surface area contributed by atoms with Crippen LogP contribution in [0.1, 0.15) is 23.1 Å². The number of non-ortho nitro benzene ring substituents is 1. The van der Waals surface area contributed by atoms with Crippen LogP contribution in [0.15, 0.2) is 29.6 Å². The number of hydrogen-bond donors (Lipinski definition) is 1. The highest BCUT2D eigenvalue weighted by molar-refractivity contribution is 7.15. The van der Waals surface area contributed by atoms with Gasteiger partial charge in [0.15, 0.2) is 10.7 Å². The first-order chi connectivity index (χ1) is 10.5. The summed E-state index contributed by atoms with van der Waals surface area (Å²) < 4.78 is 1.59. The summed E-state index contributed by atoms with van der Waals surface area (Å²) in [5.74, 6) is -1.04.